The van der Waals surface area contributed by atoms with Crippen molar-refractivity contribution in [3.63, 3.8) is 0 Å². The summed E-state index contributed by atoms with van der Waals surface area (Å²) in [6.07, 6.45) is 0. The molecule has 0 saturated heterocycles. The summed E-state index contributed by atoms with van der Waals surface area (Å²) in [5.41, 5.74) is 4.37. The van der Waals surface area contributed by atoms with Gasteiger partial charge in [-0.1, -0.05) is 50.8 Å². The number of aromatic nitrogens is 2. The minimum Gasteiger partial charge on any atom is -0.321 e. The first-order valence-electron chi connectivity index (χ1n) is 7.02. The predicted octanol–water partition coefficient (Wildman–Crippen LogP) is 4.84. The van der Waals surface area contributed by atoms with E-state index < -0.39 is 0 Å². The highest BCUT2D eigenvalue weighted by molar-refractivity contribution is 9.10. The van der Waals surface area contributed by atoms with Gasteiger partial charge in [0.05, 0.1) is 0 Å². The fourth-order valence-electron chi connectivity index (χ4n) is 2.32. The normalized spacial score (nSPS) is 10.6. The molecule has 0 radical (unpaired) electrons. The van der Waals surface area contributed by atoms with Crippen LogP contribution < -0.4 is 5.32 Å². The van der Waals surface area contributed by atoms with Gasteiger partial charge in [0.15, 0.2) is 0 Å². The molecule has 1 aromatic heterocycles. The highest BCUT2D eigenvalue weighted by Crippen LogP contribution is 2.27. The number of aryl methyl sites for hydroxylation is 2. The quantitative estimate of drug-likeness (QED) is 0.699. The summed E-state index contributed by atoms with van der Waals surface area (Å²) in [6.45, 7) is 3.95. The monoisotopic (exact) mass is 387 g/mol. The minimum absolute atomic E-state index is 0.185. The molecule has 0 fully saturated rings. The van der Waals surface area contributed by atoms with Crippen molar-refractivity contribution in [2.24, 2.45) is 0 Å². The van der Waals surface area contributed by atoms with Crippen molar-refractivity contribution in [1.82, 2.24) is 9.59 Å². The molecular formula is C17H14BrN3OS. The van der Waals surface area contributed by atoms with Gasteiger partial charge in [0.1, 0.15) is 10.6 Å². The van der Waals surface area contributed by atoms with Crippen LogP contribution in [0.15, 0.2) is 46.9 Å². The zero-order valence-electron chi connectivity index (χ0n) is 12.6. The lowest BCUT2D eigenvalue weighted by Crippen LogP contribution is -2.13. The van der Waals surface area contributed by atoms with Crippen molar-refractivity contribution in [1.29, 1.82) is 0 Å². The number of benzene rings is 2. The molecule has 4 nitrogen and oxygen atoms in total. The van der Waals surface area contributed by atoms with Crippen LogP contribution in [0, 0.1) is 13.8 Å². The smallest absolute Gasteiger partial charge is 0.269 e. The SMILES string of the molecule is Cc1cccc(C)c1NC(=O)c1snnc1-c1ccc(Br)cc1. The number of anilines is 1. The van der Waals surface area contributed by atoms with Crippen molar-refractivity contribution in [3.05, 3.63) is 62.9 Å². The maximum absolute atomic E-state index is 12.7. The van der Waals surface area contributed by atoms with E-state index in [1.807, 2.05) is 56.3 Å². The topological polar surface area (TPSA) is 54.9 Å². The molecule has 6 heteroatoms. The Hall–Kier alpha value is -2.05. The molecule has 0 aliphatic heterocycles. The summed E-state index contributed by atoms with van der Waals surface area (Å²) in [5.74, 6) is -0.185. The average molecular weight is 388 g/mol. The molecule has 0 unspecified atom stereocenters. The second-order valence-electron chi connectivity index (χ2n) is 5.18. The molecule has 0 aliphatic carbocycles. The molecule has 3 rings (SSSR count). The molecule has 0 atom stereocenters. The van der Waals surface area contributed by atoms with Crippen molar-refractivity contribution < 1.29 is 4.79 Å². The lowest BCUT2D eigenvalue weighted by molar-refractivity contribution is 0.103. The van der Waals surface area contributed by atoms with Gasteiger partial charge in [0, 0.05) is 15.7 Å². The minimum atomic E-state index is -0.185. The van der Waals surface area contributed by atoms with Gasteiger partial charge in [-0.25, -0.2) is 0 Å². The van der Waals surface area contributed by atoms with E-state index in [2.05, 4.69) is 30.8 Å². The van der Waals surface area contributed by atoms with Crippen LogP contribution in [-0.4, -0.2) is 15.5 Å². The largest absolute Gasteiger partial charge is 0.321 e. The second-order valence-corrected chi connectivity index (χ2v) is 6.85. The second kappa shape index (κ2) is 6.60. The Labute approximate surface area is 146 Å². The Kier molecular flexibility index (Phi) is 4.54. The number of hydrogen-bond donors (Lipinski definition) is 1. The van der Waals surface area contributed by atoms with Crippen LogP contribution in [-0.2, 0) is 0 Å². The molecule has 0 spiro atoms. The molecule has 1 amide bonds. The fourth-order valence-corrected chi connectivity index (χ4v) is 3.17. The maximum Gasteiger partial charge on any atom is 0.269 e. The number of carbonyl (C=O) groups excluding carboxylic acids is 1. The van der Waals surface area contributed by atoms with Crippen molar-refractivity contribution in [2.45, 2.75) is 13.8 Å². The number of carbonyl (C=O) groups is 1. The summed E-state index contributed by atoms with van der Waals surface area (Å²) >= 11 is 4.51. The Morgan fingerprint density at radius 2 is 1.74 bits per heavy atom. The van der Waals surface area contributed by atoms with Gasteiger partial charge in [0.25, 0.3) is 5.91 Å². The van der Waals surface area contributed by atoms with E-state index in [0.29, 0.717) is 10.6 Å². The summed E-state index contributed by atoms with van der Waals surface area (Å²) in [7, 11) is 0. The number of nitrogens with one attached hydrogen (secondary N) is 1. The molecular weight excluding hydrogens is 374 g/mol. The van der Waals surface area contributed by atoms with Crippen LogP contribution in [0.25, 0.3) is 11.3 Å². The first kappa shape index (κ1) is 15.8. The number of rotatable bonds is 3. The first-order valence-corrected chi connectivity index (χ1v) is 8.59. The Balaban J connectivity index is 1.92. The van der Waals surface area contributed by atoms with Gasteiger partial charge >= 0.3 is 0 Å². The Morgan fingerprint density at radius 3 is 2.39 bits per heavy atom. The summed E-state index contributed by atoms with van der Waals surface area (Å²) in [5, 5.41) is 7.10. The van der Waals surface area contributed by atoms with Gasteiger partial charge in [-0.15, -0.1) is 5.10 Å². The lowest BCUT2D eigenvalue weighted by Gasteiger charge is -2.11. The molecule has 0 aliphatic rings. The zero-order valence-corrected chi connectivity index (χ0v) is 15.0. The Bertz CT molecular complexity index is 838. The van der Waals surface area contributed by atoms with E-state index in [9.17, 15) is 4.79 Å². The summed E-state index contributed by atoms with van der Waals surface area (Å²) in [6, 6.07) is 13.6. The lowest BCUT2D eigenvalue weighted by atomic mass is 10.1. The van der Waals surface area contributed by atoms with E-state index in [1.54, 1.807) is 0 Å². The van der Waals surface area contributed by atoms with E-state index in [4.69, 9.17) is 0 Å². The fraction of sp³-hybridized carbons (Fsp3) is 0.118. The van der Waals surface area contributed by atoms with Crippen molar-refractivity contribution in [2.75, 3.05) is 5.32 Å². The molecule has 23 heavy (non-hydrogen) atoms. The van der Waals surface area contributed by atoms with Crippen LogP contribution in [0.2, 0.25) is 0 Å². The summed E-state index contributed by atoms with van der Waals surface area (Å²) < 4.78 is 4.93. The molecule has 1 heterocycles. The average Bonchev–Trinajstić information content (AvgIpc) is 3.01. The highest BCUT2D eigenvalue weighted by atomic mass is 79.9. The molecule has 1 N–H and O–H groups in total. The van der Waals surface area contributed by atoms with Crippen LogP contribution >= 0.6 is 27.5 Å². The number of halogens is 1. The van der Waals surface area contributed by atoms with Gasteiger partial charge < -0.3 is 5.32 Å². The van der Waals surface area contributed by atoms with Gasteiger partial charge in [-0.05, 0) is 48.6 Å². The van der Waals surface area contributed by atoms with E-state index in [-0.39, 0.29) is 5.91 Å². The Morgan fingerprint density at radius 1 is 1.09 bits per heavy atom. The molecule has 2 aromatic carbocycles. The van der Waals surface area contributed by atoms with E-state index in [0.717, 1.165) is 38.4 Å². The van der Waals surface area contributed by atoms with Crippen molar-refractivity contribution >= 4 is 39.1 Å². The number of amides is 1. The molecule has 116 valence electrons. The standard InChI is InChI=1S/C17H14BrN3OS/c1-10-4-3-5-11(2)14(10)19-17(22)16-15(20-21-23-16)12-6-8-13(18)9-7-12/h3-9H,1-2H3,(H,19,22). The first-order chi connectivity index (χ1) is 11.1. The van der Waals surface area contributed by atoms with Crippen LogP contribution in [0.5, 0.6) is 0 Å². The zero-order chi connectivity index (χ0) is 16.4. The van der Waals surface area contributed by atoms with Gasteiger partial charge in [0.2, 0.25) is 0 Å². The van der Waals surface area contributed by atoms with Crippen LogP contribution in [0.4, 0.5) is 5.69 Å². The van der Waals surface area contributed by atoms with Gasteiger partial charge in [-0.3, -0.25) is 4.79 Å². The van der Waals surface area contributed by atoms with E-state index in [1.165, 1.54) is 0 Å². The van der Waals surface area contributed by atoms with E-state index >= 15 is 0 Å². The van der Waals surface area contributed by atoms with Crippen LogP contribution in [0.1, 0.15) is 20.8 Å². The number of para-hydroxylation sites is 1. The molecule has 0 bridgehead atoms. The predicted molar refractivity (Wildman–Crippen MR) is 96.9 cm³/mol. The van der Waals surface area contributed by atoms with Gasteiger partial charge in [-0.2, -0.15) is 0 Å². The number of nitrogens with zero attached hydrogens (tertiary/aromatic N) is 2. The third-order valence-electron chi connectivity index (χ3n) is 3.53. The third kappa shape index (κ3) is 3.33. The highest BCUT2D eigenvalue weighted by Gasteiger charge is 2.19. The molecule has 3 aromatic rings. The van der Waals surface area contributed by atoms with Crippen molar-refractivity contribution in [3.8, 4) is 11.3 Å². The summed E-state index contributed by atoms with van der Waals surface area (Å²) in [4.78, 5) is 13.2. The number of hydrogen-bond acceptors (Lipinski definition) is 4. The third-order valence-corrected chi connectivity index (χ3v) is 4.78. The molecule has 0 saturated carbocycles. The maximum atomic E-state index is 12.7. The van der Waals surface area contributed by atoms with Crippen LogP contribution in [0.3, 0.4) is 0 Å².